The van der Waals surface area contributed by atoms with Crippen LogP contribution in [0.1, 0.15) is 25.3 Å². The second-order valence-corrected chi connectivity index (χ2v) is 5.57. The lowest BCUT2D eigenvalue weighted by Crippen LogP contribution is -2.43. The zero-order valence-corrected chi connectivity index (χ0v) is 11.9. The van der Waals surface area contributed by atoms with Crippen LogP contribution in [0.25, 0.3) is 0 Å². The molecule has 2 unspecified atom stereocenters. The average molecular weight is 257 g/mol. The largest absolute Gasteiger partial charge is 0.305 e. The summed E-state index contributed by atoms with van der Waals surface area (Å²) in [5.41, 5.74) is 1.34. The highest BCUT2D eigenvalue weighted by atomic mass is 15.2. The molecule has 2 atom stereocenters. The molecule has 1 aromatic carbocycles. The van der Waals surface area contributed by atoms with E-state index in [9.17, 15) is 0 Å². The van der Waals surface area contributed by atoms with Gasteiger partial charge in [-0.15, -0.1) is 0 Å². The summed E-state index contributed by atoms with van der Waals surface area (Å²) in [5.74, 6) is 0. The third-order valence-corrected chi connectivity index (χ3v) is 4.02. The van der Waals surface area contributed by atoms with Crippen molar-refractivity contribution in [1.29, 1.82) is 5.26 Å². The normalized spacial score (nSPS) is 25.7. The van der Waals surface area contributed by atoms with Crippen LogP contribution >= 0.6 is 0 Å². The van der Waals surface area contributed by atoms with Crippen molar-refractivity contribution < 1.29 is 0 Å². The minimum Gasteiger partial charge on any atom is -0.305 e. The van der Waals surface area contributed by atoms with Crippen LogP contribution in [0.15, 0.2) is 30.3 Å². The summed E-state index contributed by atoms with van der Waals surface area (Å²) in [6.07, 6.45) is 1.78. The van der Waals surface area contributed by atoms with E-state index in [-0.39, 0.29) is 0 Å². The van der Waals surface area contributed by atoms with Crippen LogP contribution in [0.3, 0.4) is 0 Å². The predicted octanol–water partition coefficient (Wildman–Crippen LogP) is 2.49. The van der Waals surface area contributed by atoms with E-state index < -0.39 is 0 Å². The number of benzene rings is 1. The quantitative estimate of drug-likeness (QED) is 0.833. The van der Waals surface area contributed by atoms with Gasteiger partial charge in [0.15, 0.2) is 0 Å². The van der Waals surface area contributed by atoms with E-state index in [4.69, 9.17) is 5.26 Å². The summed E-state index contributed by atoms with van der Waals surface area (Å²) in [4.78, 5) is 4.85. The lowest BCUT2D eigenvalue weighted by Gasteiger charge is -2.33. The molecule has 19 heavy (non-hydrogen) atoms. The SMILES string of the molecule is CC1CCN(C)CC(CC#N)N1Cc1ccccc1. The molecular formula is C16H23N3. The molecule has 1 aliphatic heterocycles. The van der Waals surface area contributed by atoms with Crippen molar-refractivity contribution in [1.82, 2.24) is 9.80 Å². The van der Waals surface area contributed by atoms with E-state index in [2.05, 4.69) is 60.2 Å². The van der Waals surface area contributed by atoms with E-state index in [1.165, 1.54) is 12.0 Å². The number of nitriles is 1. The van der Waals surface area contributed by atoms with Gasteiger partial charge < -0.3 is 4.90 Å². The molecule has 102 valence electrons. The van der Waals surface area contributed by atoms with E-state index >= 15 is 0 Å². The fourth-order valence-electron chi connectivity index (χ4n) is 2.86. The van der Waals surface area contributed by atoms with Crippen LogP contribution in [0, 0.1) is 11.3 Å². The number of nitrogens with zero attached hydrogens (tertiary/aromatic N) is 3. The van der Waals surface area contributed by atoms with E-state index in [1.807, 2.05) is 0 Å². The van der Waals surface area contributed by atoms with Gasteiger partial charge in [0.25, 0.3) is 0 Å². The Bertz CT molecular complexity index is 423. The molecule has 0 radical (unpaired) electrons. The average Bonchev–Trinajstić information content (AvgIpc) is 2.54. The zero-order valence-electron chi connectivity index (χ0n) is 11.9. The van der Waals surface area contributed by atoms with Gasteiger partial charge in [-0.25, -0.2) is 0 Å². The van der Waals surface area contributed by atoms with Gasteiger partial charge >= 0.3 is 0 Å². The van der Waals surface area contributed by atoms with Gasteiger partial charge in [0.2, 0.25) is 0 Å². The van der Waals surface area contributed by atoms with Crippen molar-refractivity contribution in [3.63, 3.8) is 0 Å². The number of hydrogen-bond donors (Lipinski definition) is 0. The van der Waals surface area contributed by atoms with Gasteiger partial charge in [-0.05, 0) is 32.5 Å². The van der Waals surface area contributed by atoms with Crippen molar-refractivity contribution in [2.24, 2.45) is 0 Å². The first kappa shape index (κ1) is 14.0. The monoisotopic (exact) mass is 257 g/mol. The van der Waals surface area contributed by atoms with Gasteiger partial charge in [0, 0.05) is 25.2 Å². The van der Waals surface area contributed by atoms with Crippen LogP contribution in [-0.2, 0) is 6.54 Å². The first-order chi connectivity index (χ1) is 9.20. The van der Waals surface area contributed by atoms with Gasteiger partial charge in [0.05, 0.1) is 12.5 Å². The Kier molecular flexibility index (Phi) is 4.95. The fraction of sp³-hybridized carbons (Fsp3) is 0.562. The molecule has 0 amide bonds. The highest BCUT2D eigenvalue weighted by Crippen LogP contribution is 2.20. The van der Waals surface area contributed by atoms with Crippen molar-refractivity contribution in [3.05, 3.63) is 35.9 Å². The third-order valence-electron chi connectivity index (χ3n) is 4.02. The smallest absolute Gasteiger partial charge is 0.0638 e. The topological polar surface area (TPSA) is 30.3 Å². The van der Waals surface area contributed by atoms with Crippen molar-refractivity contribution in [3.8, 4) is 6.07 Å². The maximum atomic E-state index is 9.07. The maximum Gasteiger partial charge on any atom is 0.0638 e. The minimum atomic E-state index is 0.340. The number of rotatable bonds is 3. The number of likely N-dealkylation sites (N-methyl/N-ethyl adjacent to an activating group) is 1. The standard InChI is InChI=1S/C16H23N3/c1-14-9-11-18(2)13-16(8-10-17)19(14)12-15-6-4-3-5-7-15/h3-7,14,16H,8-9,11-13H2,1-2H3. The second kappa shape index (κ2) is 6.70. The predicted molar refractivity (Wildman–Crippen MR) is 77.6 cm³/mol. The Hall–Kier alpha value is -1.37. The van der Waals surface area contributed by atoms with Crippen LogP contribution in [0.5, 0.6) is 0 Å². The molecule has 0 bridgehead atoms. The zero-order chi connectivity index (χ0) is 13.7. The van der Waals surface area contributed by atoms with E-state index in [0.29, 0.717) is 18.5 Å². The molecular weight excluding hydrogens is 234 g/mol. The molecule has 0 N–H and O–H groups in total. The summed E-state index contributed by atoms with van der Waals surface area (Å²) < 4.78 is 0. The first-order valence-electron chi connectivity index (χ1n) is 7.06. The van der Waals surface area contributed by atoms with Crippen LogP contribution in [0.2, 0.25) is 0 Å². The molecule has 3 heteroatoms. The van der Waals surface area contributed by atoms with Gasteiger partial charge in [0.1, 0.15) is 0 Å². The van der Waals surface area contributed by atoms with Crippen molar-refractivity contribution in [2.45, 2.75) is 38.4 Å². The number of hydrogen-bond acceptors (Lipinski definition) is 3. The van der Waals surface area contributed by atoms with Crippen LogP contribution in [0.4, 0.5) is 0 Å². The summed E-state index contributed by atoms with van der Waals surface area (Å²) >= 11 is 0. The summed E-state index contributed by atoms with van der Waals surface area (Å²) in [7, 11) is 2.16. The van der Waals surface area contributed by atoms with Gasteiger partial charge in [-0.1, -0.05) is 30.3 Å². The van der Waals surface area contributed by atoms with Gasteiger partial charge in [-0.3, -0.25) is 4.90 Å². The molecule has 1 saturated heterocycles. The highest BCUT2D eigenvalue weighted by Gasteiger charge is 2.27. The molecule has 0 saturated carbocycles. The third kappa shape index (κ3) is 3.79. The molecule has 3 nitrogen and oxygen atoms in total. The molecule has 0 spiro atoms. The van der Waals surface area contributed by atoms with Crippen LogP contribution < -0.4 is 0 Å². The lowest BCUT2D eigenvalue weighted by atomic mass is 10.1. The maximum absolute atomic E-state index is 9.07. The van der Waals surface area contributed by atoms with E-state index in [1.54, 1.807) is 0 Å². The first-order valence-corrected chi connectivity index (χ1v) is 7.06. The Morgan fingerprint density at radius 3 is 2.74 bits per heavy atom. The fourth-order valence-corrected chi connectivity index (χ4v) is 2.86. The Balaban J connectivity index is 2.14. The lowest BCUT2D eigenvalue weighted by molar-refractivity contribution is 0.137. The molecule has 0 aromatic heterocycles. The summed E-state index contributed by atoms with van der Waals surface area (Å²) in [6.45, 7) is 5.34. The Labute approximate surface area is 116 Å². The molecule has 1 aromatic rings. The van der Waals surface area contributed by atoms with E-state index in [0.717, 1.165) is 19.6 Å². The molecule has 1 heterocycles. The van der Waals surface area contributed by atoms with Gasteiger partial charge in [-0.2, -0.15) is 5.26 Å². The Morgan fingerprint density at radius 2 is 2.05 bits per heavy atom. The second-order valence-electron chi connectivity index (χ2n) is 5.57. The van der Waals surface area contributed by atoms with Crippen molar-refractivity contribution >= 4 is 0 Å². The van der Waals surface area contributed by atoms with Crippen LogP contribution in [-0.4, -0.2) is 42.0 Å². The summed E-state index contributed by atoms with van der Waals surface area (Å²) in [6, 6.07) is 13.8. The highest BCUT2D eigenvalue weighted by molar-refractivity contribution is 5.15. The molecule has 0 aliphatic carbocycles. The molecule has 1 fully saturated rings. The minimum absolute atomic E-state index is 0.340. The summed E-state index contributed by atoms with van der Waals surface area (Å²) in [5, 5.41) is 9.07. The Morgan fingerprint density at radius 1 is 1.32 bits per heavy atom. The molecule has 1 aliphatic rings. The van der Waals surface area contributed by atoms with Crippen molar-refractivity contribution in [2.75, 3.05) is 20.1 Å². The molecule has 2 rings (SSSR count).